The number of hydrogen-bond acceptors (Lipinski definition) is 1. The van der Waals surface area contributed by atoms with Gasteiger partial charge in [0, 0.05) is 7.92 Å². The summed E-state index contributed by atoms with van der Waals surface area (Å²) in [5.74, 6) is 0.963. The Hall–Kier alpha value is 1.32. The van der Waals surface area contributed by atoms with E-state index in [1.807, 2.05) is 27.2 Å². The molecule has 0 N–H and O–H groups in total. The Labute approximate surface area is 139 Å². The first-order valence-corrected chi connectivity index (χ1v) is 10.7. The molecule has 0 amide bonds. The summed E-state index contributed by atoms with van der Waals surface area (Å²) in [5, 5.41) is 0.676. The second kappa shape index (κ2) is 11.9. The van der Waals surface area contributed by atoms with E-state index < -0.39 is 15.1 Å². The summed E-state index contributed by atoms with van der Waals surface area (Å²) in [6, 6.07) is 0. The molecule has 0 saturated carbocycles. The molecule has 0 heterocycles. The predicted molar refractivity (Wildman–Crippen MR) is 96.3 cm³/mol. The van der Waals surface area contributed by atoms with Crippen LogP contribution in [0, 0.1) is 14.9 Å². The van der Waals surface area contributed by atoms with E-state index in [4.69, 9.17) is 0 Å². The summed E-state index contributed by atoms with van der Waals surface area (Å²) in [4.78, 5) is 0. The van der Waals surface area contributed by atoms with Gasteiger partial charge < -0.3 is 19.4 Å². The molecule has 0 aliphatic heterocycles. The molecule has 0 bridgehead atoms. The Bertz CT molecular complexity index is 220. The van der Waals surface area contributed by atoms with Crippen molar-refractivity contribution in [2.75, 3.05) is 19.2 Å². The molecule has 0 spiro atoms. The van der Waals surface area contributed by atoms with E-state index in [0.29, 0.717) is 10.3 Å². The predicted octanol–water partition coefficient (Wildman–Crippen LogP) is 6.30. The SMILES string of the molecule is CC.CC(C)(C)[PH+](CP(C)(C)=O)C(C)(C)C.[CH3-].[CH3-].[Pd+2]. The molecule has 0 saturated heterocycles. The van der Waals surface area contributed by atoms with Gasteiger partial charge in [-0.05, 0) is 54.9 Å². The average molecular weight is 404 g/mol. The molecule has 0 unspecified atom stereocenters. The third kappa shape index (κ3) is 17.3. The molecule has 4 heteroatoms. The summed E-state index contributed by atoms with van der Waals surface area (Å²) in [7, 11) is -2.47. The van der Waals surface area contributed by atoms with Crippen molar-refractivity contribution in [3.63, 3.8) is 0 Å². The normalized spacial score (nSPS) is 11.3. The molecule has 19 heavy (non-hydrogen) atoms. The van der Waals surface area contributed by atoms with Gasteiger partial charge in [0.25, 0.3) is 0 Å². The van der Waals surface area contributed by atoms with Crippen LogP contribution in [0.1, 0.15) is 55.4 Å². The molecule has 124 valence electrons. The molecule has 0 rings (SSSR count). The van der Waals surface area contributed by atoms with Crippen LogP contribution in [-0.4, -0.2) is 29.5 Å². The summed E-state index contributed by atoms with van der Waals surface area (Å²) in [6.07, 6.45) is 0. The molecule has 0 aromatic heterocycles. The van der Waals surface area contributed by atoms with Crippen LogP contribution in [0.4, 0.5) is 0 Å². The van der Waals surface area contributed by atoms with Crippen LogP contribution < -0.4 is 0 Å². The molecule has 0 radical (unpaired) electrons. The minimum Gasteiger partial charge on any atom is -0.358 e. The molecule has 0 aromatic rings. The minimum atomic E-state index is -1.87. The van der Waals surface area contributed by atoms with Crippen LogP contribution in [0.3, 0.4) is 0 Å². The van der Waals surface area contributed by atoms with Crippen molar-refractivity contribution in [2.24, 2.45) is 0 Å². The molecular formula is C15H39OP2Pd+. The first kappa shape index (κ1) is 32.3. The smallest absolute Gasteiger partial charge is 0.358 e. The van der Waals surface area contributed by atoms with E-state index in [1.54, 1.807) is 0 Å². The van der Waals surface area contributed by atoms with Crippen molar-refractivity contribution in [2.45, 2.75) is 65.7 Å². The zero-order chi connectivity index (χ0) is 13.8. The Morgan fingerprint density at radius 2 is 1.05 bits per heavy atom. The molecular weight excluding hydrogens is 365 g/mol. The Morgan fingerprint density at radius 3 is 1.11 bits per heavy atom. The van der Waals surface area contributed by atoms with Gasteiger partial charge in [0.15, 0.2) is 0 Å². The Balaban J connectivity index is -0.000000124. The van der Waals surface area contributed by atoms with Gasteiger partial charge in [0.2, 0.25) is 0 Å². The van der Waals surface area contributed by atoms with Crippen LogP contribution in [0.2, 0.25) is 0 Å². The van der Waals surface area contributed by atoms with E-state index in [0.717, 1.165) is 5.90 Å². The minimum absolute atomic E-state index is 0. The summed E-state index contributed by atoms with van der Waals surface area (Å²) in [6.45, 7) is 21.6. The monoisotopic (exact) mass is 403 g/mol. The van der Waals surface area contributed by atoms with Crippen molar-refractivity contribution in [3.05, 3.63) is 14.9 Å². The largest absolute Gasteiger partial charge is 2.00 e. The maximum absolute atomic E-state index is 11.9. The molecule has 0 atom stereocenters. The van der Waals surface area contributed by atoms with E-state index >= 15 is 0 Å². The van der Waals surface area contributed by atoms with Gasteiger partial charge in [-0.15, -0.1) is 0 Å². The summed E-state index contributed by atoms with van der Waals surface area (Å²) < 4.78 is 11.9. The van der Waals surface area contributed by atoms with Crippen molar-refractivity contribution in [1.29, 1.82) is 0 Å². The average Bonchev–Trinajstić information content (AvgIpc) is 1.99. The van der Waals surface area contributed by atoms with Gasteiger partial charge in [0.1, 0.15) is 13.0 Å². The molecule has 1 nitrogen and oxygen atoms in total. The summed E-state index contributed by atoms with van der Waals surface area (Å²) in [5.41, 5.74) is 0. The van der Waals surface area contributed by atoms with Gasteiger partial charge >= 0.3 is 20.4 Å². The van der Waals surface area contributed by atoms with Gasteiger partial charge in [-0.1, -0.05) is 13.8 Å². The van der Waals surface area contributed by atoms with Gasteiger partial charge in [0.05, 0.1) is 10.3 Å². The maximum atomic E-state index is 11.9. The third-order valence-corrected chi connectivity index (χ3v) is 10.3. The standard InChI is InChI=1S/C11H26OP2.C2H6.2CH3.Pd/c1-10(2,3)13(11(4,5)6)9-14(7,8)12;1-2;;;/h9H2,1-8H3;1-2H3;2*1H3;/q;;2*-1;+2/p+1. The first-order chi connectivity index (χ1) is 6.84. The zero-order valence-electron chi connectivity index (χ0n) is 15.4. The van der Waals surface area contributed by atoms with Crippen LogP contribution in [0.5, 0.6) is 0 Å². The van der Waals surface area contributed by atoms with Crippen molar-refractivity contribution in [3.8, 4) is 0 Å². The van der Waals surface area contributed by atoms with Crippen LogP contribution >= 0.6 is 15.1 Å². The summed E-state index contributed by atoms with van der Waals surface area (Å²) >= 11 is 0. The molecule has 0 fully saturated rings. The van der Waals surface area contributed by atoms with E-state index in [1.165, 1.54) is 0 Å². The Morgan fingerprint density at radius 1 is 0.842 bits per heavy atom. The topological polar surface area (TPSA) is 17.1 Å². The molecule has 0 aliphatic rings. The fourth-order valence-corrected chi connectivity index (χ4v) is 11.1. The molecule has 0 aliphatic carbocycles. The first-order valence-electron chi connectivity index (χ1n) is 6.25. The number of rotatable bonds is 2. The quantitative estimate of drug-likeness (QED) is 0.300. The van der Waals surface area contributed by atoms with E-state index in [2.05, 4.69) is 41.5 Å². The Kier molecular flexibility index (Phi) is 20.3. The van der Waals surface area contributed by atoms with Gasteiger partial charge in [-0.25, -0.2) is 0 Å². The van der Waals surface area contributed by atoms with Crippen molar-refractivity contribution < 1.29 is 25.0 Å². The maximum Gasteiger partial charge on any atom is 2.00 e. The second-order valence-electron chi connectivity index (χ2n) is 6.71. The zero-order valence-corrected chi connectivity index (χ0v) is 18.8. The fraction of sp³-hybridized carbons (Fsp3) is 0.867. The fourth-order valence-electron chi connectivity index (χ4n) is 1.98. The van der Waals surface area contributed by atoms with Gasteiger partial charge in [-0.2, -0.15) is 0 Å². The second-order valence-corrected chi connectivity index (χ2v) is 15.1. The van der Waals surface area contributed by atoms with E-state index in [-0.39, 0.29) is 35.3 Å². The number of hydrogen-bond donors (Lipinski definition) is 0. The van der Waals surface area contributed by atoms with Crippen LogP contribution in [0.25, 0.3) is 0 Å². The van der Waals surface area contributed by atoms with Crippen LogP contribution in [-0.2, 0) is 25.0 Å². The van der Waals surface area contributed by atoms with Crippen LogP contribution in [0.15, 0.2) is 0 Å². The van der Waals surface area contributed by atoms with Crippen molar-refractivity contribution >= 4 is 15.1 Å². The third-order valence-electron chi connectivity index (χ3n) is 2.35. The van der Waals surface area contributed by atoms with Gasteiger partial charge in [-0.3, -0.25) is 0 Å². The van der Waals surface area contributed by atoms with E-state index in [9.17, 15) is 4.57 Å². The molecule has 0 aromatic carbocycles. The van der Waals surface area contributed by atoms with Crippen molar-refractivity contribution in [1.82, 2.24) is 0 Å².